The summed E-state index contributed by atoms with van der Waals surface area (Å²) in [5.74, 6) is -1.81. The number of hydrogen-bond donors (Lipinski definition) is 2. The number of amides is 1. The van der Waals surface area contributed by atoms with E-state index in [1.165, 1.54) is 37.3 Å². The predicted molar refractivity (Wildman–Crippen MR) is 83.8 cm³/mol. The maximum atomic E-state index is 13.9. The van der Waals surface area contributed by atoms with Gasteiger partial charge in [0.25, 0.3) is 0 Å². The second kappa shape index (κ2) is 5.57. The van der Waals surface area contributed by atoms with Crippen LogP contribution >= 0.6 is 0 Å². The zero-order valence-corrected chi connectivity index (χ0v) is 12.1. The van der Waals surface area contributed by atoms with E-state index in [9.17, 15) is 19.1 Å². The monoisotopic (exact) mass is 313 g/mol. The van der Waals surface area contributed by atoms with Crippen LogP contribution in [0, 0.1) is 5.82 Å². The minimum absolute atomic E-state index is 0.00469. The van der Waals surface area contributed by atoms with E-state index in [0.717, 1.165) is 0 Å². The van der Waals surface area contributed by atoms with Crippen molar-refractivity contribution in [1.82, 2.24) is 0 Å². The van der Waals surface area contributed by atoms with Gasteiger partial charge >= 0.3 is 0 Å². The Hall–Kier alpha value is -3.15. The minimum atomic E-state index is -0.697. The summed E-state index contributed by atoms with van der Waals surface area (Å²) in [6, 6.07) is 10.1. The van der Waals surface area contributed by atoms with E-state index in [2.05, 4.69) is 5.32 Å². The summed E-state index contributed by atoms with van der Waals surface area (Å²) >= 11 is 0. The predicted octanol–water partition coefficient (Wildman–Crippen LogP) is 3.26. The molecule has 0 bridgehead atoms. The number of carbonyl (C=O) groups is 1. The number of anilines is 1. The van der Waals surface area contributed by atoms with Crippen LogP contribution in [0.1, 0.15) is 6.92 Å². The first-order valence-electron chi connectivity index (χ1n) is 6.79. The number of aromatic hydroxyl groups is 1. The van der Waals surface area contributed by atoms with Gasteiger partial charge in [-0.15, -0.1) is 0 Å². The molecule has 116 valence electrons. The number of hydrogen-bond acceptors (Lipinski definition) is 4. The Morgan fingerprint density at radius 2 is 1.96 bits per heavy atom. The Labute approximate surface area is 130 Å². The SMILES string of the molecule is CC(=O)Nc1ccc2oc(-c3ccccc3F)c(O)c(=O)c2c1. The Kier molecular flexibility index (Phi) is 3.57. The van der Waals surface area contributed by atoms with Crippen LogP contribution in [0.3, 0.4) is 0 Å². The van der Waals surface area contributed by atoms with Gasteiger partial charge in [0.1, 0.15) is 11.4 Å². The van der Waals surface area contributed by atoms with E-state index in [1.807, 2.05) is 0 Å². The molecule has 3 aromatic rings. The van der Waals surface area contributed by atoms with Crippen molar-refractivity contribution in [3.8, 4) is 17.1 Å². The third-order valence-corrected chi connectivity index (χ3v) is 3.31. The van der Waals surface area contributed by atoms with Gasteiger partial charge in [-0.25, -0.2) is 4.39 Å². The lowest BCUT2D eigenvalue weighted by atomic mass is 10.1. The number of carbonyl (C=O) groups excluding carboxylic acids is 1. The molecule has 2 aromatic carbocycles. The van der Waals surface area contributed by atoms with Gasteiger partial charge in [0.2, 0.25) is 17.1 Å². The van der Waals surface area contributed by atoms with Crippen LogP contribution in [0.2, 0.25) is 0 Å². The molecular weight excluding hydrogens is 301 g/mol. The van der Waals surface area contributed by atoms with Gasteiger partial charge in [0.15, 0.2) is 5.76 Å². The van der Waals surface area contributed by atoms with E-state index in [1.54, 1.807) is 12.1 Å². The van der Waals surface area contributed by atoms with Crippen molar-refractivity contribution < 1.29 is 18.7 Å². The number of fused-ring (bicyclic) bond motifs is 1. The highest BCUT2D eigenvalue weighted by Crippen LogP contribution is 2.32. The molecule has 0 aliphatic heterocycles. The summed E-state index contributed by atoms with van der Waals surface area (Å²) in [4.78, 5) is 23.4. The van der Waals surface area contributed by atoms with Crippen LogP contribution in [0.4, 0.5) is 10.1 Å². The molecule has 0 saturated heterocycles. The molecule has 0 saturated carbocycles. The Bertz CT molecular complexity index is 978. The molecular formula is C17H12FNO4. The maximum absolute atomic E-state index is 13.9. The van der Waals surface area contributed by atoms with Crippen LogP contribution in [-0.4, -0.2) is 11.0 Å². The van der Waals surface area contributed by atoms with Gasteiger partial charge in [0, 0.05) is 12.6 Å². The van der Waals surface area contributed by atoms with E-state index < -0.39 is 17.0 Å². The maximum Gasteiger partial charge on any atom is 0.235 e. The molecule has 1 aromatic heterocycles. The van der Waals surface area contributed by atoms with Crippen LogP contribution < -0.4 is 10.7 Å². The second-order valence-electron chi connectivity index (χ2n) is 4.98. The van der Waals surface area contributed by atoms with Crippen molar-refractivity contribution in [2.24, 2.45) is 0 Å². The van der Waals surface area contributed by atoms with Crippen molar-refractivity contribution in [1.29, 1.82) is 0 Å². The summed E-state index contributed by atoms with van der Waals surface area (Å²) < 4.78 is 19.4. The average molecular weight is 313 g/mol. The highest BCUT2D eigenvalue weighted by Gasteiger charge is 2.18. The molecule has 0 atom stereocenters. The molecule has 0 fully saturated rings. The van der Waals surface area contributed by atoms with Crippen molar-refractivity contribution >= 4 is 22.6 Å². The van der Waals surface area contributed by atoms with E-state index >= 15 is 0 Å². The van der Waals surface area contributed by atoms with Crippen LogP contribution in [-0.2, 0) is 4.79 Å². The Morgan fingerprint density at radius 1 is 1.22 bits per heavy atom. The zero-order chi connectivity index (χ0) is 16.6. The first kappa shape index (κ1) is 14.8. The van der Waals surface area contributed by atoms with Crippen molar-refractivity contribution in [2.75, 3.05) is 5.32 Å². The van der Waals surface area contributed by atoms with Crippen LogP contribution in [0.25, 0.3) is 22.3 Å². The van der Waals surface area contributed by atoms with Crippen molar-refractivity contribution in [2.45, 2.75) is 6.92 Å². The lowest BCUT2D eigenvalue weighted by Crippen LogP contribution is -2.07. The van der Waals surface area contributed by atoms with Crippen LogP contribution in [0.15, 0.2) is 51.7 Å². The van der Waals surface area contributed by atoms with E-state index in [0.29, 0.717) is 5.69 Å². The van der Waals surface area contributed by atoms with Gasteiger partial charge in [-0.2, -0.15) is 0 Å². The molecule has 0 unspecified atom stereocenters. The van der Waals surface area contributed by atoms with E-state index in [4.69, 9.17) is 4.42 Å². The molecule has 5 nitrogen and oxygen atoms in total. The lowest BCUT2D eigenvalue weighted by molar-refractivity contribution is -0.114. The summed E-state index contributed by atoms with van der Waals surface area (Å²) in [5, 5.41) is 12.7. The molecule has 0 aliphatic carbocycles. The normalized spacial score (nSPS) is 10.7. The lowest BCUT2D eigenvalue weighted by Gasteiger charge is -2.08. The topological polar surface area (TPSA) is 79.5 Å². The summed E-state index contributed by atoms with van der Waals surface area (Å²) in [6.07, 6.45) is 0. The number of halogens is 1. The third kappa shape index (κ3) is 2.66. The van der Waals surface area contributed by atoms with Gasteiger partial charge in [-0.05, 0) is 30.3 Å². The highest BCUT2D eigenvalue weighted by molar-refractivity contribution is 5.92. The first-order valence-corrected chi connectivity index (χ1v) is 6.79. The van der Waals surface area contributed by atoms with Crippen molar-refractivity contribution in [3.63, 3.8) is 0 Å². The van der Waals surface area contributed by atoms with Crippen molar-refractivity contribution in [3.05, 3.63) is 58.5 Å². The van der Waals surface area contributed by atoms with E-state index in [-0.39, 0.29) is 28.2 Å². The van der Waals surface area contributed by atoms with Gasteiger partial charge in [-0.1, -0.05) is 12.1 Å². The number of rotatable bonds is 2. The minimum Gasteiger partial charge on any atom is -0.502 e. The fourth-order valence-electron chi connectivity index (χ4n) is 2.29. The molecule has 1 heterocycles. The number of benzene rings is 2. The van der Waals surface area contributed by atoms with Gasteiger partial charge in [0.05, 0.1) is 10.9 Å². The Morgan fingerprint density at radius 3 is 2.65 bits per heavy atom. The second-order valence-corrected chi connectivity index (χ2v) is 4.98. The number of nitrogens with one attached hydrogen (secondary N) is 1. The summed E-state index contributed by atoms with van der Waals surface area (Å²) in [6.45, 7) is 1.34. The summed E-state index contributed by atoms with van der Waals surface area (Å²) in [7, 11) is 0. The summed E-state index contributed by atoms with van der Waals surface area (Å²) in [5.41, 5.74) is -0.123. The third-order valence-electron chi connectivity index (χ3n) is 3.31. The van der Waals surface area contributed by atoms with Gasteiger partial charge in [-0.3, -0.25) is 9.59 Å². The largest absolute Gasteiger partial charge is 0.502 e. The Balaban J connectivity index is 2.24. The quantitative estimate of drug-likeness (QED) is 0.761. The standard InChI is InChI=1S/C17H12FNO4/c1-9(20)19-10-6-7-14-12(8-10)15(21)16(22)17(23-14)11-4-2-3-5-13(11)18/h2-8,22H,1H3,(H,19,20). The molecule has 2 N–H and O–H groups in total. The molecule has 0 radical (unpaired) electrons. The average Bonchev–Trinajstić information content (AvgIpc) is 2.51. The fraction of sp³-hybridized carbons (Fsp3) is 0.0588. The molecule has 6 heteroatoms. The first-order chi connectivity index (χ1) is 11.0. The zero-order valence-electron chi connectivity index (χ0n) is 12.1. The molecule has 0 aliphatic rings. The van der Waals surface area contributed by atoms with Crippen LogP contribution in [0.5, 0.6) is 5.75 Å². The molecule has 1 amide bonds. The van der Waals surface area contributed by atoms with Gasteiger partial charge < -0.3 is 14.8 Å². The molecule has 3 rings (SSSR count). The molecule has 23 heavy (non-hydrogen) atoms. The fourth-order valence-corrected chi connectivity index (χ4v) is 2.29. The smallest absolute Gasteiger partial charge is 0.235 e. The molecule has 0 spiro atoms. The highest BCUT2D eigenvalue weighted by atomic mass is 19.1.